The molecule has 0 radical (unpaired) electrons. The number of ether oxygens (including phenoxy) is 1. The molecular formula is C23H33NO7. The lowest BCUT2D eigenvalue weighted by molar-refractivity contribution is -1.21. The highest BCUT2D eigenvalue weighted by molar-refractivity contribution is 5.85. The number of fused-ring (bicyclic) bond motifs is 5. The van der Waals surface area contributed by atoms with Crippen molar-refractivity contribution >= 4 is 12.3 Å². The first-order chi connectivity index (χ1) is 14.7. The zero-order valence-corrected chi connectivity index (χ0v) is 18.0. The van der Waals surface area contributed by atoms with Crippen LogP contribution in [0.4, 0.5) is 0 Å². The Morgan fingerprint density at radius 3 is 2.68 bits per heavy atom. The van der Waals surface area contributed by atoms with Crippen LogP contribution in [0.5, 0.6) is 0 Å². The first kappa shape index (κ1) is 21.5. The topological polar surface area (TPSA) is 121 Å². The molecule has 5 rings (SSSR count). The van der Waals surface area contributed by atoms with E-state index in [1.165, 1.54) is 0 Å². The second kappa shape index (κ2) is 7.35. The molecule has 5 aliphatic rings. The number of quaternary nitrogens is 1. The third-order valence-electron chi connectivity index (χ3n) is 9.99. The normalized spacial score (nSPS) is 50.0. The largest absolute Gasteiger partial charge is 0.566 e. The van der Waals surface area contributed by atoms with Crippen molar-refractivity contribution in [2.45, 2.75) is 76.4 Å². The molecule has 1 heterocycles. The van der Waals surface area contributed by atoms with Gasteiger partial charge in [0.2, 0.25) is 0 Å². The number of aliphatic hydroxyl groups is 1. The van der Waals surface area contributed by atoms with Gasteiger partial charge in [0.1, 0.15) is 19.0 Å². The number of aldehydes is 1. The molecule has 8 heteroatoms. The molecule has 0 spiro atoms. The predicted octanol–water partition coefficient (Wildman–Crippen LogP) is 1.49. The zero-order valence-electron chi connectivity index (χ0n) is 18.0. The van der Waals surface area contributed by atoms with Crippen LogP contribution in [0.15, 0.2) is 11.6 Å². The molecule has 0 aromatic rings. The van der Waals surface area contributed by atoms with Gasteiger partial charge in [-0.2, -0.15) is 10.0 Å². The van der Waals surface area contributed by atoms with Crippen molar-refractivity contribution in [1.29, 1.82) is 0 Å². The molecule has 0 bridgehead atoms. The number of esters is 1. The van der Waals surface area contributed by atoms with Gasteiger partial charge in [0.05, 0.1) is 5.60 Å². The Hall–Kier alpha value is -1.32. The average Bonchev–Trinajstić information content (AvgIpc) is 3.27. The summed E-state index contributed by atoms with van der Waals surface area (Å²) in [5, 5.41) is 30.9. The van der Waals surface area contributed by atoms with Gasteiger partial charge >= 0.3 is 5.97 Å². The molecule has 4 aliphatic carbocycles. The minimum atomic E-state index is -1.25. The molecule has 8 nitrogen and oxygen atoms in total. The van der Waals surface area contributed by atoms with E-state index in [4.69, 9.17) is 14.8 Å². The molecule has 3 N–H and O–H groups in total. The molecule has 0 aromatic heterocycles. The maximum absolute atomic E-state index is 12.6. The van der Waals surface area contributed by atoms with Gasteiger partial charge in [-0.15, -0.1) is 0 Å². The summed E-state index contributed by atoms with van der Waals surface area (Å²) in [5.74, 6) is 0.117. The Balaban J connectivity index is 1.42. The molecular weight excluding hydrogens is 402 g/mol. The number of carbonyl (C=O) groups excluding carboxylic acids is 2. The Kier molecular flexibility index (Phi) is 5.10. The van der Waals surface area contributed by atoms with Gasteiger partial charge in [-0.25, -0.2) is 4.79 Å². The fourth-order valence-electron chi connectivity index (χ4n) is 8.54. The second-order valence-corrected chi connectivity index (χ2v) is 10.8. The summed E-state index contributed by atoms with van der Waals surface area (Å²) in [5.41, 5.74) is -0.675. The van der Waals surface area contributed by atoms with Gasteiger partial charge in [0.15, 0.2) is 0 Å². The van der Waals surface area contributed by atoms with E-state index >= 15 is 0 Å². The molecule has 1 aliphatic heterocycles. The molecule has 0 amide bonds. The van der Waals surface area contributed by atoms with Crippen molar-refractivity contribution in [2.24, 2.45) is 34.5 Å². The Labute approximate surface area is 182 Å². The predicted molar refractivity (Wildman–Crippen MR) is 107 cm³/mol. The van der Waals surface area contributed by atoms with Crippen molar-refractivity contribution in [2.75, 3.05) is 6.61 Å². The van der Waals surface area contributed by atoms with E-state index in [0.29, 0.717) is 32.3 Å². The highest BCUT2D eigenvalue weighted by Gasteiger charge is 2.68. The Bertz CT molecular complexity index is 799. The monoisotopic (exact) mass is 435 g/mol. The van der Waals surface area contributed by atoms with Crippen molar-refractivity contribution in [3.05, 3.63) is 16.9 Å². The lowest BCUT2D eigenvalue weighted by Gasteiger charge is -2.62. The Morgan fingerprint density at radius 2 is 2.00 bits per heavy atom. The van der Waals surface area contributed by atoms with Gasteiger partial charge in [0.25, 0.3) is 0 Å². The number of hydrogen-bond donors (Lipinski definition) is 3. The number of hydrogen-bond acceptors (Lipinski definition) is 7. The van der Waals surface area contributed by atoms with Crippen LogP contribution in [0.1, 0.15) is 64.7 Å². The summed E-state index contributed by atoms with van der Waals surface area (Å²) in [6.45, 7) is 2.50. The lowest BCUT2D eigenvalue weighted by atomic mass is 9.43. The van der Waals surface area contributed by atoms with E-state index in [2.05, 4.69) is 6.92 Å². The first-order valence-electron chi connectivity index (χ1n) is 11.7. The van der Waals surface area contributed by atoms with E-state index < -0.39 is 16.4 Å². The highest BCUT2D eigenvalue weighted by atomic mass is 17.1. The van der Waals surface area contributed by atoms with Gasteiger partial charge in [0, 0.05) is 16.9 Å². The second-order valence-electron chi connectivity index (χ2n) is 10.8. The van der Waals surface area contributed by atoms with Crippen LogP contribution < -0.4 is 5.39 Å². The summed E-state index contributed by atoms with van der Waals surface area (Å²) in [4.78, 5) is 29.3. The molecule has 4 fully saturated rings. The standard InChI is InChI=1S/C23H33NO7/c1-21-7-5-18-19(23(21,27)9-6-17(21)14-10-20(26)30-12-14)3-2-15-11-16(31-24(28)29)4-8-22(15,18)13-25/h10,13,15-19,24,27-28H,2-9,11-12H2,1H3. The molecule has 9 unspecified atom stereocenters. The van der Waals surface area contributed by atoms with Crippen LogP contribution in [0, 0.1) is 39.7 Å². The van der Waals surface area contributed by atoms with Crippen LogP contribution in [0.2, 0.25) is 0 Å². The molecule has 0 aromatic carbocycles. The lowest BCUT2D eigenvalue weighted by Crippen LogP contribution is -3.04. The summed E-state index contributed by atoms with van der Waals surface area (Å²) in [7, 11) is 0. The fourth-order valence-corrected chi connectivity index (χ4v) is 8.54. The van der Waals surface area contributed by atoms with E-state index in [9.17, 15) is 19.9 Å². The van der Waals surface area contributed by atoms with Crippen molar-refractivity contribution in [3.8, 4) is 0 Å². The van der Waals surface area contributed by atoms with E-state index in [1.54, 1.807) is 6.08 Å². The summed E-state index contributed by atoms with van der Waals surface area (Å²) >= 11 is 0. The quantitative estimate of drug-likeness (QED) is 0.348. The van der Waals surface area contributed by atoms with Gasteiger partial charge in [-0.3, -0.25) is 0 Å². The maximum Gasteiger partial charge on any atom is 0.331 e. The number of carbonyl (C=O) groups is 2. The minimum Gasteiger partial charge on any atom is -0.566 e. The average molecular weight is 436 g/mol. The van der Waals surface area contributed by atoms with Gasteiger partial charge in [-0.05, 0) is 87.0 Å². The van der Waals surface area contributed by atoms with Gasteiger partial charge < -0.3 is 19.8 Å². The van der Waals surface area contributed by atoms with Crippen LogP contribution in [0.25, 0.3) is 0 Å². The van der Waals surface area contributed by atoms with Crippen molar-refractivity contribution in [3.63, 3.8) is 0 Å². The van der Waals surface area contributed by atoms with Gasteiger partial charge in [-0.1, -0.05) is 12.3 Å². The number of rotatable bonds is 4. The molecule has 9 atom stereocenters. The van der Waals surface area contributed by atoms with E-state index in [1.807, 2.05) is 0 Å². The maximum atomic E-state index is 12.6. The van der Waals surface area contributed by atoms with E-state index in [-0.39, 0.29) is 41.2 Å². The third-order valence-corrected chi connectivity index (χ3v) is 9.99. The number of cyclic esters (lactones) is 1. The Morgan fingerprint density at radius 1 is 1.19 bits per heavy atom. The van der Waals surface area contributed by atoms with Crippen LogP contribution in [0.3, 0.4) is 0 Å². The van der Waals surface area contributed by atoms with Crippen LogP contribution in [-0.2, 0) is 19.2 Å². The first-order valence-corrected chi connectivity index (χ1v) is 11.7. The van der Waals surface area contributed by atoms with Crippen LogP contribution in [-0.4, -0.2) is 40.9 Å². The highest BCUT2D eigenvalue weighted by Crippen LogP contribution is 2.69. The summed E-state index contributed by atoms with van der Waals surface area (Å²) in [6.07, 6.45) is 9.07. The SMILES string of the molecule is CC12CCC3C(CCC4CC(O[NH+]([O-])O)CCC43C=O)C1(O)CCC2C1=CC(=O)OC1. The molecule has 31 heavy (non-hydrogen) atoms. The minimum absolute atomic E-state index is 0.0493. The molecule has 172 valence electrons. The summed E-state index contributed by atoms with van der Waals surface area (Å²) < 4.78 is 5.17. The molecule has 4 saturated carbocycles. The van der Waals surface area contributed by atoms with E-state index in [0.717, 1.165) is 44.0 Å². The van der Waals surface area contributed by atoms with Crippen molar-refractivity contribution < 1.29 is 34.9 Å². The molecule has 0 saturated heterocycles. The zero-order chi connectivity index (χ0) is 22.0. The third kappa shape index (κ3) is 2.99. The number of nitrogens with one attached hydrogen (secondary N) is 1. The summed E-state index contributed by atoms with van der Waals surface area (Å²) in [6, 6.07) is 0. The smallest absolute Gasteiger partial charge is 0.331 e. The van der Waals surface area contributed by atoms with Crippen molar-refractivity contribution in [1.82, 2.24) is 0 Å². The van der Waals surface area contributed by atoms with Crippen LogP contribution >= 0.6 is 0 Å². The fraction of sp³-hybridized carbons (Fsp3) is 0.826.